The van der Waals surface area contributed by atoms with Crippen molar-refractivity contribution in [3.8, 4) is 0 Å². The van der Waals surface area contributed by atoms with Gasteiger partial charge in [-0.2, -0.15) is 0 Å². The molecule has 0 aliphatic carbocycles. The van der Waals surface area contributed by atoms with Gasteiger partial charge in [0.15, 0.2) is 6.29 Å². The lowest BCUT2D eigenvalue weighted by molar-refractivity contribution is -0.302. The molecule has 0 spiro atoms. The van der Waals surface area contributed by atoms with Gasteiger partial charge < -0.3 is 40.3 Å². The summed E-state index contributed by atoms with van der Waals surface area (Å²) in [7, 11) is 0. The molecule has 7 atom stereocenters. The van der Waals surface area contributed by atoms with Crippen molar-refractivity contribution in [2.75, 3.05) is 13.2 Å². The molecule has 6 N–H and O–H groups in total. The van der Waals surface area contributed by atoms with Crippen molar-refractivity contribution >= 4 is 5.91 Å². The standard InChI is InChI=1S/C61H101NO8/c1-3-5-7-9-11-12-13-14-15-16-17-18-19-20-21-22-23-24-25-26-27-28-29-30-31-32-33-34-35-36-37-38-39-40-41-42-43-44-45-47-49-51-57(65)62-54(55(64)50-48-46-10-8-6-4-2)53-69-61-60(68)59(67)58(66)56(52-63)70-61/h5,7,11-12,14-15,17-18,20-21,23-24,26-27,29-30,32-33,35-36,54-56,58-61,63-64,66-68H,3-4,6,8-10,13,16,19,22,25,28,31,34,37-53H2,1-2H3,(H,62,65)/b7-5-,12-11-,15-14-,18-17-,21-20-,24-23-,27-26-,30-29-,33-32-,36-35-. The maximum atomic E-state index is 12.9. The van der Waals surface area contributed by atoms with Crippen molar-refractivity contribution in [1.82, 2.24) is 5.32 Å². The monoisotopic (exact) mass is 976 g/mol. The Balaban J connectivity index is 2.05. The molecule has 1 amide bonds. The largest absolute Gasteiger partial charge is 0.394 e. The number of hydrogen-bond acceptors (Lipinski definition) is 8. The summed E-state index contributed by atoms with van der Waals surface area (Å²) in [5.41, 5.74) is 0. The smallest absolute Gasteiger partial charge is 0.220 e. The van der Waals surface area contributed by atoms with Crippen LogP contribution in [0.5, 0.6) is 0 Å². The Morgan fingerprint density at radius 1 is 0.500 bits per heavy atom. The quantitative estimate of drug-likeness (QED) is 0.0261. The first kappa shape index (κ1) is 64.6. The second kappa shape index (κ2) is 49.2. The summed E-state index contributed by atoms with van der Waals surface area (Å²) in [6, 6.07) is -0.725. The maximum absolute atomic E-state index is 12.9. The molecule has 0 aromatic rings. The summed E-state index contributed by atoms with van der Waals surface area (Å²) < 4.78 is 11.2. The molecule has 0 bridgehead atoms. The summed E-state index contributed by atoms with van der Waals surface area (Å²) >= 11 is 0. The minimum atomic E-state index is -1.56. The van der Waals surface area contributed by atoms with Crippen molar-refractivity contribution in [2.24, 2.45) is 0 Å². The predicted octanol–water partition coefficient (Wildman–Crippen LogP) is 13.6. The molecule has 0 aromatic heterocycles. The normalized spacial score (nSPS) is 20.4. The Bertz CT molecular complexity index is 1510. The van der Waals surface area contributed by atoms with Crippen LogP contribution in [0.4, 0.5) is 0 Å². The van der Waals surface area contributed by atoms with Crippen LogP contribution >= 0.6 is 0 Å². The number of aliphatic hydroxyl groups excluding tert-OH is 5. The number of aliphatic hydroxyl groups is 5. The molecule has 1 aliphatic rings. The van der Waals surface area contributed by atoms with Crippen LogP contribution < -0.4 is 5.32 Å². The topological polar surface area (TPSA) is 149 Å². The number of amides is 1. The van der Waals surface area contributed by atoms with Gasteiger partial charge in [0.1, 0.15) is 24.4 Å². The Hall–Kier alpha value is -3.41. The number of carbonyl (C=O) groups excluding carboxylic acids is 1. The highest BCUT2D eigenvalue weighted by Gasteiger charge is 2.44. The van der Waals surface area contributed by atoms with Gasteiger partial charge in [-0.05, 0) is 89.9 Å². The number of carbonyl (C=O) groups is 1. The van der Waals surface area contributed by atoms with Gasteiger partial charge in [0, 0.05) is 6.42 Å². The van der Waals surface area contributed by atoms with Gasteiger partial charge in [-0.15, -0.1) is 0 Å². The van der Waals surface area contributed by atoms with E-state index in [1.807, 2.05) is 0 Å². The third kappa shape index (κ3) is 38.3. The van der Waals surface area contributed by atoms with Crippen LogP contribution in [-0.2, 0) is 14.3 Å². The number of hydrogen-bond donors (Lipinski definition) is 6. The fraction of sp³-hybridized carbons (Fsp3) is 0.656. The molecule has 9 heteroatoms. The first-order chi connectivity index (χ1) is 34.3. The minimum Gasteiger partial charge on any atom is -0.394 e. The molecule has 70 heavy (non-hydrogen) atoms. The van der Waals surface area contributed by atoms with E-state index in [4.69, 9.17) is 9.47 Å². The molecular weight excluding hydrogens is 875 g/mol. The summed E-state index contributed by atoms with van der Waals surface area (Å²) in [6.07, 6.45) is 67.0. The maximum Gasteiger partial charge on any atom is 0.220 e. The zero-order chi connectivity index (χ0) is 50.8. The average molecular weight is 976 g/mol. The molecule has 1 fully saturated rings. The summed E-state index contributed by atoms with van der Waals surface area (Å²) in [4.78, 5) is 12.9. The fourth-order valence-corrected chi connectivity index (χ4v) is 7.95. The molecule has 0 saturated carbocycles. The SMILES string of the molecule is CC/C=C\C/C=C\C/C=C\C/C=C\C/C=C\C/C=C\C/C=C\C/C=C\C/C=C\C/C=C\CCCCCCCCCCCCC(=O)NC(COC1OC(CO)C(O)C(O)C1O)C(O)CCCCCCCC. The molecule has 0 aromatic carbocycles. The Morgan fingerprint density at radius 2 is 0.886 bits per heavy atom. The summed E-state index contributed by atoms with van der Waals surface area (Å²) in [5.74, 6) is -0.160. The van der Waals surface area contributed by atoms with Crippen LogP contribution in [0.15, 0.2) is 122 Å². The van der Waals surface area contributed by atoms with Gasteiger partial charge in [0.05, 0.1) is 25.4 Å². The summed E-state index contributed by atoms with van der Waals surface area (Å²) in [6.45, 7) is 3.63. The van der Waals surface area contributed by atoms with E-state index in [0.29, 0.717) is 12.8 Å². The Kier molecular flexibility index (Phi) is 45.4. The van der Waals surface area contributed by atoms with E-state index < -0.39 is 49.5 Å². The van der Waals surface area contributed by atoms with Gasteiger partial charge in [-0.1, -0.05) is 225 Å². The molecule has 1 aliphatic heterocycles. The van der Waals surface area contributed by atoms with Crippen molar-refractivity contribution in [2.45, 2.75) is 243 Å². The highest BCUT2D eigenvalue weighted by Crippen LogP contribution is 2.23. The van der Waals surface area contributed by atoms with Crippen LogP contribution in [0.1, 0.15) is 200 Å². The van der Waals surface area contributed by atoms with Crippen LogP contribution in [-0.4, -0.2) is 87.5 Å². The molecule has 1 heterocycles. The number of rotatable bonds is 45. The van der Waals surface area contributed by atoms with Gasteiger partial charge in [-0.3, -0.25) is 4.79 Å². The lowest BCUT2D eigenvalue weighted by atomic mass is 9.99. The second-order valence-corrected chi connectivity index (χ2v) is 18.6. The Morgan fingerprint density at radius 3 is 1.31 bits per heavy atom. The van der Waals surface area contributed by atoms with E-state index in [1.54, 1.807) is 0 Å². The Labute approximate surface area is 427 Å². The first-order valence-electron chi connectivity index (χ1n) is 27.7. The first-order valence-corrected chi connectivity index (χ1v) is 27.7. The molecule has 7 unspecified atom stereocenters. The van der Waals surface area contributed by atoms with E-state index in [1.165, 1.54) is 51.4 Å². The van der Waals surface area contributed by atoms with Crippen molar-refractivity contribution in [1.29, 1.82) is 0 Å². The lowest BCUT2D eigenvalue weighted by Gasteiger charge is -2.40. The van der Waals surface area contributed by atoms with E-state index >= 15 is 0 Å². The zero-order valence-corrected chi connectivity index (χ0v) is 44.0. The number of allylic oxidation sites excluding steroid dienone is 20. The molecule has 1 saturated heterocycles. The predicted molar refractivity (Wildman–Crippen MR) is 294 cm³/mol. The lowest BCUT2D eigenvalue weighted by Crippen LogP contribution is -2.60. The van der Waals surface area contributed by atoms with Gasteiger partial charge in [0.25, 0.3) is 0 Å². The van der Waals surface area contributed by atoms with Crippen molar-refractivity contribution in [3.63, 3.8) is 0 Å². The van der Waals surface area contributed by atoms with Crippen LogP contribution in [0.3, 0.4) is 0 Å². The van der Waals surface area contributed by atoms with Gasteiger partial charge in [-0.25, -0.2) is 0 Å². The number of nitrogens with one attached hydrogen (secondary N) is 1. The van der Waals surface area contributed by atoms with Crippen molar-refractivity contribution < 1.29 is 39.8 Å². The molecule has 0 radical (unpaired) electrons. The molecular formula is C61H101NO8. The molecule has 9 nitrogen and oxygen atoms in total. The van der Waals surface area contributed by atoms with E-state index in [9.17, 15) is 30.3 Å². The number of ether oxygens (including phenoxy) is 2. The average Bonchev–Trinajstić information content (AvgIpc) is 3.36. The minimum absolute atomic E-state index is 0.147. The van der Waals surface area contributed by atoms with Gasteiger partial charge >= 0.3 is 0 Å². The van der Waals surface area contributed by atoms with Crippen LogP contribution in [0.2, 0.25) is 0 Å². The zero-order valence-electron chi connectivity index (χ0n) is 44.0. The fourth-order valence-electron chi connectivity index (χ4n) is 7.95. The van der Waals surface area contributed by atoms with Gasteiger partial charge in [0.2, 0.25) is 5.91 Å². The van der Waals surface area contributed by atoms with E-state index in [2.05, 4.69) is 141 Å². The van der Waals surface area contributed by atoms with Crippen LogP contribution in [0.25, 0.3) is 0 Å². The molecule has 398 valence electrons. The highest BCUT2D eigenvalue weighted by molar-refractivity contribution is 5.76. The number of unbranched alkanes of at least 4 members (excludes halogenated alkanes) is 15. The van der Waals surface area contributed by atoms with Crippen LogP contribution in [0, 0.1) is 0 Å². The van der Waals surface area contributed by atoms with E-state index in [0.717, 1.165) is 122 Å². The summed E-state index contributed by atoms with van der Waals surface area (Å²) in [5, 5.41) is 54.1. The third-order valence-corrected chi connectivity index (χ3v) is 12.3. The van der Waals surface area contributed by atoms with Crippen molar-refractivity contribution in [3.05, 3.63) is 122 Å². The molecule has 1 rings (SSSR count). The highest BCUT2D eigenvalue weighted by atomic mass is 16.7. The van der Waals surface area contributed by atoms with E-state index in [-0.39, 0.29) is 12.5 Å². The third-order valence-electron chi connectivity index (χ3n) is 12.3. The second-order valence-electron chi connectivity index (χ2n) is 18.6.